The molecule has 0 aromatic heterocycles. The Hall–Kier alpha value is -1.15. The Morgan fingerprint density at radius 3 is 2.70 bits per heavy atom. The minimum Gasteiger partial charge on any atom is -0.300 e. The van der Waals surface area contributed by atoms with Gasteiger partial charge in [0.15, 0.2) is 0 Å². The average Bonchev–Trinajstić information content (AvgIpc) is 2.49. The number of piperidine rings is 1. The fourth-order valence-electron chi connectivity index (χ4n) is 4.59. The maximum Gasteiger partial charge on any atom is 0.135 e. The van der Waals surface area contributed by atoms with E-state index >= 15 is 0 Å². The van der Waals surface area contributed by atoms with Crippen molar-refractivity contribution in [2.75, 3.05) is 13.1 Å². The highest BCUT2D eigenvalue weighted by Crippen LogP contribution is 2.46. The van der Waals surface area contributed by atoms with Crippen LogP contribution in [0.3, 0.4) is 0 Å². The molecule has 1 saturated heterocycles. The first kappa shape index (κ1) is 12.6. The van der Waals surface area contributed by atoms with Gasteiger partial charge < -0.3 is 0 Å². The van der Waals surface area contributed by atoms with Crippen molar-refractivity contribution >= 4 is 5.78 Å². The maximum atomic E-state index is 11.5. The van der Waals surface area contributed by atoms with Crippen LogP contribution in [0.2, 0.25) is 0 Å². The number of hydrogen-bond donors (Lipinski definition) is 0. The van der Waals surface area contributed by atoms with E-state index in [4.69, 9.17) is 0 Å². The number of nitrogens with zero attached hydrogens (tertiary/aromatic N) is 1. The second-order valence-corrected chi connectivity index (χ2v) is 6.68. The molecule has 3 aliphatic rings. The molecule has 2 atom stereocenters. The molecule has 4 rings (SSSR count). The topological polar surface area (TPSA) is 20.3 Å². The van der Waals surface area contributed by atoms with E-state index in [1.54, 1.807) is 16.7 Å². The van der Waals surface area contributed by atoms with E-state index in [0.29, 0.717) is 11.8 Å². The van der Waals surface area contributed by atoms with Crippen LogP contribution in [0.15, 0.2) is 18.2 Å². The second-order valence-electron chi connectivity index (χ2n) is 6.68. The molecule has 0 amide bonds. The van der Waals surface area contributed by atoms with Gasteiger partial charge in [0.2, 0.25) is 0 Å². The van der Waals surface area contributed by atoms with Crippen molar-refractivity contribution in [1.82, 2.24) is 4.90 Å². The molecule has 0 spiro atoms. The van der Waals surface area contributed by atoms with Crippen LogP contribution in [-0.2, 0) is 11.2 Å². The molecule has 0 radical (unpaired) electrons. The van der Waals surface area contributed by atoms with E-state index in [2.05, 4.69) is 23.1 Å². The number of aryl methyl sites for hydroxylation is 1. The van der Waals surface area contributed by atoms with Crippen LogP contribution in [0.5, 0.6) is 0 Å². The van der Waals surface area contributed by atoms with Crippen molar-refractivity contribution in [1.29, 1.82) is 0 Å². The largest absolute Gasteiger partial charge is 0.300 e. The molecule has 2 aliphatic carbocycles. The van der Waals surface area contributed by atoms with Crippen molar-refractivity contribution in [3.05, 3.63) is 34.9 Å². The highest BCUT2D eigenvalue weighted by molar-refractivity contribution is 5.79. The lowest BCUT2D eigenvalue weighted by molar-refractivity contribution is -0.122. The van der Waals surface area contributed by atoms with Gasteiger partial charge >= 0.3 is 0 Å². The van der Waals surface area contributed by atoms with Gasteiger partial charge in [-0.25, -0.2) is 0 Å². The Morgan fingerprint density at radius 1 is 1.00 bits per heavy atom. The Bertz CT molecular complexity index is 526. The molecule has 1 fully saturated rings. The molecule has 1 aromatic carbocycles. The SMILES string of the molecule is O=C1CCN([C@@H]2CC[C@@H]3CCCc4cccc2c43)CC1. The molecule has 1 aromatic rings. The zero-order chi connectivity index (χ0) is 13.5. The molecule has 0 unspecified atom stereocenters. The van der Waals surface area contributed by atoms with Gasteiger partial charge in [0.1, 0.15) is 5.78 Å². The monoisotopic (exact) mass is 269 g/mol. The highest BCUT2D eigenvalue weighted by atomic mass is 16.1. The summed E-state index contributed by atoms with van der Waals surface area (Å²) in [7, 11) is 0. The predicted octanol–water partition coefficient (Wildman–Crippen LogP) is 3.61. The number of ketones is 1. The van der Waals surface area contributed by atoms with Gasteiger partial charge in [-0.2, -0.15) is 0 Å². The van der Waals surface area contributed by atoms with Crippen LogP contribution in [-0.4, -0.2) is 23.8 Å². The van der Waals surface area contributed by atoms with Crippen molar-refractivity contribution in [3.63, 3.8) is 0 Å². The van der Waals surface area contributed by atoms with Gasteiger partial charge in [-0.1, -0.05) is 18.2 Å². The van der Waals surface area contributed by atoms with E-state index in [0.717, 1.165) is 31.8 Å². The fraction of sp³-hybridized carbons (Fsp3) is 0.611. The fourth-order valence-corrected chi connectivity index (χ4v) is 4.59. The van der Waals surface area contributed by atoms with E-state index in [1.807, 2.05) is 0 Å². The minimum absolute atomic E-state index is 0.449. The van der Waals surface area contributed by atoms with Gasteiger partial charge in [0, 0.05) is 32.0 Å². The molecular formula is C18H23NO. The van der Waals surface area contributed by atoms with Crippen LogP contribution in [0.1, 0.15) is 67.2 Å². The number of benzene rings is 1. The second kappa shape index (κ2) is 5.00. The number of carbonyl (C=O) groups excluding carboxylic acids is 1. The lowest BCUT2D eigenvalue weighted by atomic mass is 9.71. The number of carbonyl (C=O) groups is 1. The molecule has 1 aliphatic heterocycles. The summed E-state index contributed by atoms with van der Waals surface area (Å²) in [5.41, 5.74) is 4.89. The summed E-state index contributed by atoms with van der Waals surface area (Å²) in [4.78, 5) is 14.0. The first-order chi connectivity index (χ1) is 9.83. The molecule has 20 heavy (non-hydrogen) atoms. The van der Waals surface area contributed by atoms with Crippen LogP contribution < -0.4 is 0 Å². The summed E-state index contributed by atoms with van der Waals surface area (Å²) in [5.74, 6) is 1.27. The Labute approximate surface area is 121 Å². The van der Waals surface area contributed by atoms with Gasteiger partial charge in [-0.3, -0.25) is 9.69 Å². The molecule has 1 heterocycles. The van der Waals surface area contributed by atoms with Crippen LogP contribution in [0.25, 0.3) is 0 Å². The maximum absolute atomic E-state index is 11.5. The van der Waals surface area contributed by atoms with Crippen LogP contribution in [0, 0.1) is 0 Å². The van der Waals surface area contributed by atoms with Crippen LogP contribution in [0.4, 0.5) is 0 Å². The average molecular weight is 269 g/mol. The van der Waals surface area contributed by atoms with Gasteiger partial charge in [0.25, 0.3) is 0 Å². The molecular weight excluding hydrogens is 246 g/mol. The summed E-state index contributed by atoms with van der Waals surface area (Å²) in [5, 5.41) is 0. The third-order valence-corrected chi connectivity index (χ3v) is 5.58. The quantitative estimate of drug-likeness (QED) is 0.776. The Balaban J connectivity index is 1.68. The van der Waals surface area contributed by atoms with Crippen molar-refractivity contribution in [2.24, 2.45) is 0 Å². The molecule has 0 bridgehead atoms. The van der Waals surface area contributed by atoms with Gasteiger partial charge in [-0.15, -0.1) is 0 Å². The van der Waals surface area contributed by atoms with E-state index in [9.17, 15) is 4.79 Å². The third-order valence-electron chi connectivity index (χ3n) is 5.58. The number of likely N-dealkylation sites (tertiary alicyclic amines) is 1. The summed E-state index contributed by atoms with van der Waals surface area (Å²) in [6, 6.07) is 7.53. The summed E-state index contributed by atoms with van der Waals surface area (Å²) >= 11 is 0. The third kappa shape index (κ3) is 2.01. The van der Waals surface area contributed by atoms with Crippen molar-refractivity contribution in [2.45, 2.75) is 56.9 Å². The number of hydrogen-bond acceptors (Lipinski definition) is 2. The van der Waals surface area contributed by atoms with Crippen molar-refractivity contribution < 1.29 is 4.79 Å². The van der Waals surface area contributed by atoms with Gasteiger partial charge in [0.05, 0.1) is 0 Å². The van der Waals surface area contributed by atoms with E-state index < -0.39 is 0 Å². The van der Waals surface area contributed by atoms with E-state index in [-0.39, 0.29) is 0 Å². The zero-order valence-electron chi connectivity index (χ0n) is 12.1. The molecule has 106 valence electrons. The normalized spacial score (nSPS) is 30.1. The minimum atomic E-state index is 0.449. The van der Waals surface area contributed by atoms with Gasteiger partial charge in [-0.05, 0) is 54.7 Å². The lowest BCUT2D eigenvalue weighted by Gasteiger charge is -2.42. The van der Waals surface area contributed by atoms with E-state index in [1.165, 1.54) is 32.1 Å². The molecule has 2 heteroatoms. The first-order valence-corrected chi connectivity index (χ1v) is 8.20. The summed E-state index contributed by atoms with van der Waals surface area (Å²) in [6.07, 6.45) is 8.17. The van der Waals surface area contributed by atoms with Crippen LogP contribution >= 0.6 is 0 Å². The molecule has 2 nitrogen and oxygen atoms in total. The molecule has 0 N–H and O–H groups in total. The Morgan fingerprint density at radius 2 is 1.85 bits per heavy atom. The molecule has 0 saturated carbocycles. The lowest BCUT2D eigenvalue weighted by Crippen LogP contribution is -2.39. The zero-order valence-corrected chi connectivity index (χ0v) is 12.1. The standard InChI is InChI=1S/C18H23NO/c20-15-9-11-19(12-10-15)17-8-7-14-4-1-3-13-5-2-6-16(17)18(13)14/h2,5-6,14,17H,1,3-4,7-12H2/t14-,17+/m0/s1. The highest BCUT2D eigenvalue weighted by Gasteiger charge is 2.34. The number of rotatable bonds is 1. The summed E-state index contributed by atoms with van der Waals surface area (Å²) in [6.45, 7) is 1.94. The smallest absolute Gasteiger partial charge is 0.135 e. The number of Topliss-reactive ketones (excluding diaryl/α,β-unsaturated/α-hetero) is 1. The van der Waals surface area contributed by atoms with Crippen molar-refractivity contribution in [3.8, 4) is 0 Å². The Kier molecular flexibility index (Phi) is 3.14. The summed E-state index contributed by atoms with van der Waals surface area (Å²) < 4.78 is 0. The predicted molar refractivity (Wildman–Crippen MR) is 79.9 cm³/mol. The first-order valence-electron chi connectivity index (χ1n) is 8.20.